The Balaban J connectivity index is 1.17. The molecule has 0 spiro atoms. The maximum atomic E-state index is 15.3. The van der Waals surface area contributed by atoms with Gasteiger partial charge in [-0.3, -0.25) is 33.6 Å². The van der Waals surface area contributed by atoms with Crippen molar-refractivity contribution in [2.45, 2.75) is 206 Å². The second-order valence-corrected chi connectivity index (χ2v) is 27.3. The van der Waals surface area contributed by atoms with Crippen LogP contribution in [0.2, 0.25) is 0 Å². The minimum absolute atomic E-state index is 0.0263. The maximum Gasteiger partial charge on any atom is 0.404 e. The van der Waals surface area contributed by atoms with Crippen molar-refractivity contribution in [1.82, 2.24) is 67.1 Å². The summed E-state index contributed by atoms with van der Waals surface area (Å²) in [6.45, 7) is 4.88. The van der Waals surface area contributed by atoms with Crippen LogP contribution >= 0.6 is 22.7 Å². The average molecular weight is 1580 g/mol. The van der Waals surface area contributed by atoms with E-state index in [0.717, 1.165) is 49.0 Å². The number of hydrogen-bond donors (Lipinski definition) is 26. The summed E-state index contributed by atoms with van der Waals surface area (Å²) in [5.41, 5.74) is 33.3. The van der Waals surface area contributed by atoms with Crippen molar-refractivity contribution in [2.24, 2.45) is 28.7 Å². The van der Waals surface area contributed by atoms with Gasteiger partial charge in [0.25, 0.3) is 11.8 Å². The monoisotopic (exact) mass is 1580 g/mol. The summed E-state index contributed by atoms with van der Waals surface area (Å²) in [6.07, 6.45) is -38.5. The van der Waals surface area contributed by atoms with Gasteiger partial charge in [-0.15, -0.1) is 22.7 Å². The molecule has 32 N–H and O–H groups in total. The maximum absolute atomic E-state index is 15.3. The van der Waals surface area contributed by atoms with Gasteiger partial charge < -0.3 is 171 Å². The number of rotatable bonds is 38. The lowest BCUT2D eigenvalue weighted by Gasteiger charge is -2.47. The van der Waals surface area contributed by atoms with Crippen LogP contribution in [0.5, 0.6) is 0 Å². The number of nitrogens with one attached hydrogen (secondary N) is 8. The van der Waals surface area contributed by atoms with Crippen molar-refractivity contribution in [3.63, 3.8) is 0 Å². The average Bonchev–Trinajstić information content (AvgIpc) is 0.793. The molecule has 18 unspecified atom stereocenters. The quantitative estimate of drug-likeness (QED) is 0.0146. The first-order chi connectivity index (χ1) is 50.9. The second kappa shape index (κ2) is 39.6. The van der Waals surface area contributed by atoms with Crippen LogP contribution in [0, 0.1) is 6.92 Å². The molecular formula is C60H93N19O27S2. The molecule has 0 radical (unpaired) electrons. The van der Waals surface area contributed by atoms with Crippen LogP contribution in [0.4, 0.5) is 10.6 Å². The molecular weight excluding hydrogens is 1480 g/mol. The molecule has 7 rings (SSSR count). The van der Waals surface area contributed by atoms with Gasteiger partial charge in [-0.05, 0) is 34.6 Å². The first-order valence-electron chi connectivity index (χ1n) is 33.4. The minimum atomic E-state index is -2.26. The summed E-state index contributed by atoms with van der Waals surface area (Å²) in [5, 5.41) is 153. The SMILES string of the molecule is Cc1c(N)nc([C@H](CC(N)=O)NC[C@H](N)C(N)=O)nc1C(=O)N[C@H](C(=O)N[C@H](C)[C@@H](O)CC(=O)N[C@H](C(=O)NC(OC1OC(C)C(N)C(O)C1O)C(O)c1nc(-c2nc(C(=O)NCCNCC(C)O)cs2)cs1)[C@@H](C)O)[C@@H](OC1OC(CO)C(O)C(O)C1OC1OC(CO)C(O)C(OC(N)=O)C1O)c1cnc[nH]1. The highest BCUT2D eigenvalue weighted by Crippen LogP contribution is 2.36. The van der Waals surface area contributed by atoms with E-state index in [4.69, 9.17) is 67.6 Å². The lowest BCUT2D eigenvalue weighted by Crippen LogP contribution is -2.65. The number of nitrogen functional groups attached to an aromatic ring is 1. The summed E-state index contributed by atoms with van der Waals surface area (Å²) >= 11 is 1.85. The molecule has 3 aliphatic rings. The van der Waals surface area contributed by atoms with E-state index in [1.54, 1.807) is 6.92 Å². The normalized spacial score (nSPS) is 27.5. The predicted octanol–water partition coefficient (Wildman–Crippen LogP) is -11.6. The first-order valence-corrected chi connectivity index (χ1v) is 35.2. The number of nitrogens with two attached hydrogens (primary N) is 6. The fourth-order valence-electron chi connectivity index (χ4n) is 11.0. The fraction of sp³-hybridized carbons (Fsp3) is 0.650. The number of amides is 8. The molecule has 602 valence electrons. The van der Waals surface area contributed by atoms with E-state index in [-0.39, 0.29) is 39.2 Å². The predicted molar refractivity (Wildman–Crippen MR) is 366 cm³/mol. The number of hydrogen-bond acceptors (Lipinski definition) is 39. The Morgan fingerprint density at radius 2 is 1.39 bits per heavy atom. The van der Waals surface area contributed by atoms with Gasteiger partial charge in [-0.25, -0.2) is 29.7 Å². The molecule has 4 aromatic heterocycles. The summed E-state index contributed by atoms with van der Waals surface area (Å²) in [6, 6.07) is -9.69. The molecule has 0 aromatic carbocycles. The van der Waals surface area contributed by atoms with E-state index in [1.807, 2.05) is 0 Å². The third kappa shape index (κ3) is 22.6. The molecule has 8 amide bonds. The van der Waals surface area contributed by atoms with Crippen LogP contribution in [-0.2, 0) is 57.1 Å². The van der Waals surface area contributed by atoms with Gasteiger partial charge in [0.15, 0.2) is 37.3 Å². The number of aromatic nitrogens is 6. The molecule has 4 aromatic rings. The number of ether oxygens (including phenoxy) is 7. The summed E-state index contributed by atoms with van der Waals surface area (Å²) in [5.74, 6) is -8.40. The zero-order chi connectivity index (χ0) is 79.9. The van der Waals surface area contributed by atoms with Crippen molar-refractivity contribution in [3.8, 4) is 10.7 Å². The molecule has 0 saturated carbocycles. The number of aliphatic hydroxyl groups is 12. The van der Waals surface area contributed by atoms with Gasteiger partial charge in [0.05, 0.1) is 86.4 Å². The van der Waals surface area contributed by atoms with E-state index in [2.05, 4.69) is 67.1 Å². The van der Waals surface area contributed by atoms with Gasteiger partial charge in [0.1, 0.15) is 112 Å². The number of aliphatic hydroxyl groups excluding tert-OH is 12. The van der Waals surface area contributed by atoms with Crippen molar-refractivity contribution in [1.29, 1.82) is 0 Å². The Bertz CT molecular complexity index is 3670. The van der Waals surface area contributed by atoms with E-state index >= 15 is 4.79 Å². The molecule has 48 heteroatoms. The smallest absolute Gasteiger partial charge is 0.404 e. The number of nitrogens with zero attached hydrogens (tertiary/aromatic N) is 5. The van der Waals surface area contributed by atoms with Crippen LogP contribution in [0.15, 0.2) is 23.3 Å². The van der Waals surface area contributed by atoms with Crippen LogP contribution in [0.3, 0.4) is 0 Å². The van der Waals surface area contributed by atoms with Crippen LogP contribution < -0.4 is 71.6 Å². The van der Waals surface area contributed by atoms with Gasteiger partial charge in [0.2, 0.25) is 29.5 Å². The molecule has 3 aliphatic heterocycles. The van der Waals surface area contributed by atoms with Gasteiger partial charge in [-0.2, -0.15) is 0 Å². The molecule has 7 heterocycles. The minimum Gasteiger partial charge on any atom is -0.441 e. The summed E-state index contributed by atoms with van der Waals surface area (Å²) in [7, 11) is 0. The van der Waals surface area contributed by atoms with Crippen molar-refractivity contribution in [2.75, 3.05) is 45.1 Å². The number of primary amides is 3. The van der Waals surface area contributed by atoms with E-state index in [1.165, 1.54) is 24.6 Å². The Kier molecular flexibility index (Phi) is 32.0. The Hall–Kier alpha value is -7.97. The molecule has 26 atom stereocenters. The number of H-pyrrole nitrogens is 1. The van der Waals surface area contributed by atoms with Crippen LogP contribution in [0.25, 0.3) is 10.7 Å². The lowest BCUT2D eigenvalue weighted by molar-refractivity contribution is -0.372. The van der Waals surface area contributed by atoms with Crippen molar-refractivity contribution >= 4 is 75.9 Å². The molecule has 0 aliphatic carbocycles. The Morgan fingerprint density at radius 1 is 0.713 bits per heavy atom. The third-order valence-electron chi connectivity index (χ3n) is 17.2. The van der Waals surface area contributed by atoms with E-state index in [0.29, 0.717) is 13.1 Å². The number of carbonyl (C=O) groups excluding carboxylic acids is 8. The summed E-state index contributed by atoms with van der Waals surface area (Å²) < 4.78 is 40.3. The number of aromatic amines is 1. The van der Waals surface area contributed by atoms with Crippen molar-refractivity contribution < 1.29 is 133 Å². The third-order valence-corrected chi connectivity index (χ3v) is 19.0. The topological polar surface area (TPSA) is 765 Å². The fourth-order valence-corrected chi connectivity index (χ4v) is 12.6. The van der Waals surface area contributed by atoms with Gasteiger partial charge in [0, 0.05) is 48.9 Å². The zero-order valence-corrected chi connectivity index (χ0v) is 60.1. The first kappa shape index (κ1) is 87.3. The summed E-state index contributed by atoms with van der Waals surface area (Å²) in [4.78, 5) is 132. The molecule has 3 fully saturated rings. The van der Waals surface area contributed by atoms with Gasteiger partial charge in [-0.1, -0.05) is 0 Å². The molecule has 0 bridgehead atoms. The number of carbonyl (C=O) groups is 8. The highest BCUT2D eigenvalue weighted by molar-refractivity contribution is 7.14. The number of thiazole rings is 2. The van der Waals surface area contributed by atoms with Crippen molar-refractivity contribution in [3.05, 3.63) is 56.8 Å². The number of imidazole rings is 1. The standard InChI is InChI=1S/C60H93N19O27S2/c1-18(82)10-67-6-7-69-50(95)26-15-107-55(73-26)27-16-108-56(74-27)43(93)54(106-57-41(91)39(89)33(63)22(5)100-57)79-52(97)35(21(4)83)75-32(86)9-28(84)20(3)72-53(98)36(77-51(96)34-19(2)47(64)78-49(76-34)24(8-31(62)85)70-11-23(61)48(65)94)44(25-12-68-17-71-25)103-59-46(40(90)37(87)29(13-80)102-59)104-58-42(92)45(105-60(66)99)38(88)30(14-81)101-58/h12,15-18,20-24,28-30,33,35-46,54,57-59,67,70,80-84,87-93H,6-11,13-14,61,63H2,1-5H3,(H2,62,85)(H2,65,94)(H2,66,99)(H,68,71)(H,69,95)(H,72,98)(H,75,86)(H,77,96)(H,79,97)(H2,64,76,78)/t18?,20-,21-,22?,23+,24+,28+,29?,30?,33?,35+,36+,37?,38?,39?,40?,41?,42?,43?,44+,45?,46?,54?,57?,58?,59?/m1/s1. The zero-order valence-electron chi connectivity index (χ0n) is 58.5. The van der Waals surface area contributed by atoms with E-state index < -0.39 is 256 Å². The van der Waals surface area contributed by atoms with Gasteiger partial charge >= 0.3 is 6.09 Å². The highest BCUT2D eigenvalue weighted by atomic mass is 32.1. The highest BCUT2D eigenvalue weighted by Gasteiger charge is 2.54. The largest absolute Gasteiger partial charge is 0.441 e. The lowest BCUT2D eigenvalue weighted by atomic mass is 9.97. The van der Waals surface area contributed by atoms with E-state index in [9.17, 15) is 94.8 Å². The molecule has 46 nitrogen and oxygen atoms in total. The van der Waals surface area contributed by atoms with Crippen LogP contribution in [0.1, 0.15) is 102 Å². The Morgan fingerprint density at radius 3 is 2.02 bits per heavy atom. The number of anilines is 1. The molecule has 3 saturated heterocycles. The van der Waals surface area contributed by atoms with Crippen LogP contribution in [-0.4, -0.2) is 319 Å². The molecule has 108 heavy (non-hydrogen) atoms. The Labute approximate surface area is 621 Å². The second-order valence-electron chi connectivity index (χ2n) is 25.6.